The topological polar surface area (TPSA) is 94.5 Å². The Morgan fingerprint density at radius 1 is 1.19 bits per heavy atom. The lowest BCUT2D eigenvalue weighted by atomic mass is 9.95. The molecule has 7 nitrogen and oxygen atoms in total. The van der Waals surface area contributed by atoms with Crippen LogP contribution in [0.15, 0.2) is 12.1 Å². The van der Waals surface area contributed by atoms with Gasteiger partial charge in [0.25, 0.3) is 0 Å². The van der Waals surface area contributed by atoms with Crippen molar-refractivity contribution in [3.05, 3.63) is 17.7 Å². The van der Waals surface area contributed by atoms with Crippen molar-refractivity contribution in [2.75, 3.05) is 13.1 Å². The van der Waals surface area contributed by atoms with Crippen molar-refractivity contribution in [2.45, 2.75) is 26.6 Å². The molecular weight excluding hydrogens is 279 g/mol. The molecule has 0 saturated carbocycles. The summed E-state index contributed by atoms with van der Waals surface area (Å²) in [5.41, 5.74) is 0.126. The molecule has 1 heterocycles. The van der Waals surface area contributed by atoms with Gasteiger partial charge in [0, 0.05) is 13.8 Å². The van der Waals surface area contributed by atoms with E-state index in [1.54, 1.807) is 32.9 Å². The number of cyclic esters (lactones) is 1. The summed E-state index contributed by atoms with van der Waals surface area (Å²) in [5.74, 6) is -1.02. The molecule has 0 unspecified atom stereocenters. The van der Waals surface area contributed by atoms with Gasteiger partial charge in [-0.3, -0.25) is 0 Å². The number of hydrogen-bond donors (Lipinski definition) is 2. The molecule has 0 spiro atoms. The first-order valence-electron chi connectivity index (χ1n) is 6.55. The van der Waals surface area contributed by atoms with Crippen LogP contribution in [0.5, 0.6) is 17.2 Å². The Bertz CT molecular complexity index is 542. The van der Waals surface area contributed by atoms with Crippen molar-refractivity contribution in [3.63, 3.8) is 0 Å². The maximum atomic E-state index is 12.2. The van der Waals surface area contributed by atoms with Gasteiger partial charge in [-0.1, -0.05) is 0 Å². The minimum Gasteiger partial charge on any atom is -0.493 e. The van der Waals surface area contributed by atoms with Crippen LogP contribution < -0.4 is 14.2 Å². The monoisotopic (exact) mass is 296 g/mol. The second-order valence-electron chi connectivity index (χ2n) is 4.88. The van der Waals surface area contributed by atoms with E-state index in [4.69, 9.17) is 29.0 Å². The van der Waals surface area contributed by atoms with Gasteiger partial charge in [0.1, 0.15) is 17.8 Å². The van der Waals surface area contributed by atoms with E-state index in [1.165, 1.54) is 0 Å². The summed E-state index contributed by atoms with van der Waals surface area (Å²) in [6.45, 7) is 4.99. The van der Waals surface area contributed by atoms with Gasteiger partial charge in [0.15, 0.2) is 11.5 Å². The number of rotatable bonds is 5. The molecule has 21 heavy (non-hydrogen) atoms. The molecule has 1 aliphatic rings. The molecule has 0 amide bonds. The quantitative estimate of drug-likeness (QED) is 0.612. The van der Waals surface area contributed by atoms with Crippen LogP contribution in [0.4, 0.5) is 0 Å². The van der Waals surface area contributed by atoms with Gasteiger partial charge in [-0.25, -0.2) is 4.79 Å². The highest BCUT2D eigenvalue weighted by molar-refractivity contribution is 6.40. The molecule has 8 heteroatoms. The fraction of sp³-hybridized carbons (Fsp3) is 0.462. The van der Waals surface area contributed by atoms with Gasteiger partial charge < -0.3 is 29.0 Å². The number of ether oxygens (including phenoxy) is 4. The SMILES string of the molecule is CCOc1ccc(OCB(O)O)c2c1C(=O)OC(C)(C)O2. The maximum Gasteiger partial charge on any atom is 0.491 e. The molecule has 2 rings (SSSR count). The fourth-order valence-corrected chi connectivity index (χ4v) is 1.93. The molecule has 1 aliphatic heterocycles. The third kappa shape index (κ3) is 3.40. The average molecular weight is 296 g/mol. The molecule has 0 aliphatic carbocycles. The summed E-state index contributed by atoms with van der Waals surface area (Å²) in [6.07, 6.45) is 0. The number of hydrogen-bond acceptors (Lipinski definition) is 7. The largest absolute Gasteiger partial charge is 0.493 e. The maximum absolute atomic E-state index is 12.2. The third-order valence-corrected chi connectivity index (χ3v) is 2.66. The zero-order chi connectivity index (χ0) is 15.6. The molecule has 2 N–H and O–H groups in total. The smallest absolute Gasteiger partial charge is 0.491 e. The zero-order valence-electron chi connectivity index (χ0n) is 12.1. The number of esters is 1. The van der Waals surface area contributed by atoms with E-state index in [2.05, 4.69) is 0 Å². The van der Waals surface area contributed by atoms with Gasteiger partial charge in [-0.2, -0.15) is 0 Å². The van der Waals surface area contributed by atoms with E-state index in [-0.39, 0.29) is 23.6 Å². The molecule has 0 atom stereocenters. The van der Waals surface area contributed by atoms with Gasteiger partial charge in [-0.05, 0) is 19.1 Å². The molecular formula is C13H17BO7. The van der Waals surface area contributed by atoms with E-state index >= 15 is 0 Å². The Morgan fingerprint density at radius 2 is 1.86 bits per heavy atom. The first kappa shape index (κ1) is 15.5. The predicted molar refractivity (Wildman–Crippen MR) is 73.4 cm³/mol. The van der Waals surface area contributed by atoms with Crippen LogP contribution >= 0.6 is 0 Å². The minimum absolute atomic E-state index is 0.126. The number of benzene rings is 1. The highest BCUT2D eigenvalue weighted by Crippen LogP contribution is 2.43. The van der Waals surface area contributed by atoms with Crippen LogP contribution in [0.3, 0.4) is 0 Å². The van der Waals surface area contributed by atoms with Crippen LogP contribution in [0.25, 0.3) is 0 Å². The van der Waals surface area contributed by atoms with E-state index in [0.717, 1.165) is 0 Å². The van der Waals surface area contributed by atoms with E-state index in [9.17, 15) is 4.79 Å². The molecule has 0 fully saturated rings. The normalized spacial score (nSPS) is 15.6. The average Bonchev–Trinajstić information content (AvgIpc) is 2.35. The first-order valence-corrected chi connectivity index (χ1v) is 6.55. The van der Waals surface area contributed by atoms with Crippen molar-refractivity contribution in [3.8, 4) is 17.2 Å². The third-order valence-electron chi connectivity index (χ3n) is 2.66. The second kappa shape index (κ2) is 5.83. The van der Waals surface area contributed by atoms with E-state index < -0.39 is 18.9 Å². The van der Waals surface area contributed by atoms with Crippen molar-refractivity contribution in [1.82, 2.24) is 0 Å². The minimum atomic E-state index is -1.63. The van der Waals surface area contributed by atoms with Crippen LogP contribution in [-0.4, -0.2) is 42.0 Å². The Morgan fingerprint density at radius 3 is 2.48 bits per heavy atom. The van der Waals surface area contributed by atoms with Crippen molar-refractivity contribution >= 4 is 13.1 Å². The van der Waals surface area contributed by atoms with Gasteiger partial charge >= 0.3 is 13.1 Å². The molecule has 1 aromatic rings. The Balaban J connectivity index is 2.45. The molecule has 114 valence electrons. The molecule has 0 bridgehead atoms. The summed E-state index contributed by atoms with van der Waals surface area (Å²) in [4.78, 5) is 12.2. The summed E-state index contributed by atoms with van der Waals surface area (Å²) < 4.78 is 21.4. The molecule has 0 saturated heterocycles. The lowest BCUT2D eigenvalue weighted by Crippen LogP contribution is -2.39. The summed E-state index contributed by atoms with van der Waals surface area (Å²) in [6, 6.07) is 3.09. The van der Waals surface area contributed by atoms with Gasteiger partial charge in [0.05, 0.1) is 6.61 Å². The van der Waals surface area contributed by atoms with Crippen molar-refractivity contribution in [1.29, 1.82) is 0 Å². The zero-order valence-corrected chi connectivity index (χ0v) is 12.1. The Labute approximate surface area is 122 Å². The van der Waals surface area contributed by atoms with Crippen LogP contribution in [0.1, 0.15) is 31.1 Å². The predicted octanol–water partition coefficient (Wildman–Crippen LogP) is 0.761. The van der Waals surface area contributed by atoms with Crippen LogP contribution in [0.2, 0.25) is 0 Å². The Kier molecular flexibility index (Phi) is 4.29. The van der Waals surface area contributed by atoms with E-state index in [0.29, 0.717) is 12.4 Å². The molecule has 0 radical (unpaired) electrons. The lowest BCUT2D eigenvalue weighted by Gasteiger charge is -2.33. The first-order chi connectivity index (χ1) is 9.84. The van der Waals surface area contributed by atoms with Crippen LogP contribution in [-0.2, 0) is 4.74 Å². The summed E-state index contributed by atoms with van der Waals surface area (Å²) in [7, 11) is -1.63. The second-order valence-corrected chi connectivity index (χ2v) is 4.88. The lowest BCUT2D eigenvalue weighted by molar-refractivity contribution is -0.128. The van der Waals surface area contributed by atoms with Crippen molar-refractivity contribution in [2.24, 2.45) is 0 Å². The summed E-state index contributed by atoms with van der Waals surface area (Å²) in [5, 5.41) is 17.8. The van der Waals surface area contributed by atoms with E-state index in [1.807, 2.05) is 0 Å². The molecule has 1 aromatic carbocycles. The highest BCUT2D eigenvalue weighted by atomic mass is 16.7. The van der Waals surface area contributed by atoms with Gasteiger partial charge in [-0.15, -0.1) is 0 Å². The fourth-order valence-electron chi connectivity index (χ4n) is 1.93. The standard InChI is InChI=1S/C13H17BO7/c1-4-18-8-5-6-9(19-7-14(16)17)11-10(8)12(15)21-13(2,3)20-11/h5-6,16-17H,4,7H2,1-3H3. The number of carbonyl (C=O) groups is 1. The van der Waals surface area contributed by atoms with Crippen LogP contribution in [0, 0.1) is 0 Å². The highest BCUT2D eigenvalue weighted by Gasteiger charge is 2.38. The van der Waals surface area contributed by atoms with Gasteiger partial charge in [0.2, 0.25) is 5.79 Å². The Hall–Kier alpha value is -1.93. The number of carbonyl (C=O) groups excluding carboxylic acids is 1. The molecule has 0 aromatic heterocycles. The van der Waals surface area contributed by atoms with Crippen molar-refractivity contribution < 1.29 is 33.8 Å². The number of fused-ring (bicyclic) bond motifs is 1. The summed E-state index contributed by atoms with van der Waals surface area (Å²) >= 11 is 0.